The first-order valence-electron chi connectivity index (χ1n) is 5.67. The van der Waals surface area contributed by atoms with E-state index in [1.807, 2.05) is 30.3 Å². The van der Waals surface area contributed by atoms with E-state index in [4.69, 9.17) is 0 Å². The van der Waals surface area contributed by atoms with Gasteiger partial charge in [-0.15, -0.1) is 11.3 Å². The zero-order chi connectivity index (χ0) is 11.9. The van der Waals surface area contributed by atoms with Crippen molar-refractivity contribution in [2.75, 3.05) is 6.54 Å². The zero-order valence-corrected chi connectivity index (χ0v) is 10.6. The molecule has 1 N–H and O–H groups in total. The lowest BCUT2D eigenvalue weighted by atomic mass is 10.2. The standard InChI is InChI=1S/C15H15NS/c1-13(15-10-6-12-17-15)16-11-5-9-14-7-3-2-4-8-14/h2-4,6-8,10,12-13,16H,11H2,1H3. The molecule has 17 heavy (non-hydrogen) atoms. The lowest BCUT2D eigenvalue weighted by Crippen LogP contribution is -2.17. The van der Waals surface area contributed by atoms with E-state index in [-0.39, 0.29) is 0 Å². The molecule has 0 fully saturated rings. The molecule has 86 valence electrons. The molecule has 2 rings (SSSR count). The normalized spacial score (nSPS) is 11.6. The molecular weight excluding hydrogens is 226 g/mol. The topological polar surface area (TPSA) is 12.0 Å². The third-order valence-corrected chi connectivity index (χ3v) is 3.53. The number of benzene rings is 1. The highest BCUT2D eigenvalue weighted by Gasteiger charge is 2.02. The molecule has 0 aliphatic carbocycles. The second-order valence-electron chi connectivity index (χ2n) is 3.79. The maximum Gasteiger partial charge on any atom is 0.0585 e. The van der Waals surface area contributed by atoms with Crippen molar-refractivity contribution in [3.8, 4) is 11.8 Å². The highest BCUT2D eigenvalue weighted by atomic mass is 32.1. The fraction of sp³-hybridized carbons (Fsp3) is 0.200. The minimum absolute atomic E-state index is 0.375. The van der Waals surface area contributed by atoms with Gasteiger partial charge in [0.15, 0.2) is 0 Å². The Hall–Kier alpha value is -1.56. The van der Waals surface area contributed by atoms with Crippen molar-refractivity contribution >= 4 is 11.3 Å². The number of rotatable bonds is 3. The van der Waals surface area contributed by atoms with Gasteiger partial charge in [-0.25, -0.2) is 0 Å². The van der Waals surface area contributed by atoms with Crippen LogP contribution in [0.2, 0.25) is 0 Å². The molecule has 2 aromatic rings. The second-order valence-corrected chi connectivity index (χ2v) is 4.77. The number of nitrogens with one attached hydrogen (secondary N) is 1. The summed E-state index contributed by atoms with van der Waals surface area (Å²) in [7, 11) is 0. The van der Waals surface area contributed by atoms with E-state index < -0.39 is 0 Å². The molecule has 1 aromatic carbocycles. The lowest BCUT2D eigenvalue weighted by Gasteiger charge is -2.08. The maximum atomic E-state index is 3.39. The summed E-state index contributed by atoms with van der Waals surface area (Å²) in [5, 5.41) is 5.49. The van der Waals surface area contributed by atoms with Crippen molar-refractivity contribution in [3.05, 3.63) is 58.3 Å². The van der Waals surface area contributed by atoms with Gasteiger partial charge in [0.25, 0.3) is 0 Å². The molecule has 1 aromatic heterocycles. The lowest BCUT2D eigenvalue weighted by molar-refractivity contribution is 0.633. The second kappa shape index (κ2) is 6.24. The van der Waals surface area contributed by atoms with Gasteiger partial charge in [0, 0.05) is 16.5 Å². The highest BCUT2D eigenvalue weighted by molar-refractivity contribution is 7.10. The van der Waals surface area contributed by atoms with Crippen LogP contribution >= 0.6 is 11.3 Å². The summed E-state index contributed by atoms with van der Waals surface area (Å²) in [6.45, 7) is 2.88. The van der Waals surface area contributed by atoms with Crippen LogP contribution in [0, 0.1) is 11.8 Å². The summed E-state index contributed by atoms with van der Waals surface area (Å²) < 4.78 is 0. The van der Waals surface area contributed by atoms with Crippen molar-refractivity contribution in [2.24, 2.45) is 0 Å². The van der Waals surface area contributed by atoms with E-state index in [0.29, 0.717) is 12.6 Å². The summed E-state index contributed by atoms with van der Waals surface area (Å²) in [5.74, 6) is 6.27. The quantitative estimate of drug-likeness (QED) is 0.812. The molecule has 0 radical (unpaired) electrons. The summed E-state index contributed by atoms with van der Waals surface area (Å²) in [6, 6.07) is 14.7. The highest BCUT2D eigenvalue weighted by Crippen LogP contribution is 2.17. The summed E-state index contributed by atoms with van der Waals surface area (Å²) in [5.41, 5.74) is 1.07. The van der Waals surface area contributed by atoms with E-state index in [1.54, 1.807) is 11.3 Å². The Balaban J connectivity index is 1.82. The molecule has 0 bridgehead atoms. The van der Waals surface area contributed by atoms with Crippen LogP contribution < -0.4 is 5.32 Å². The van der Waals surface area contributed by atoms with E-state index in [9.17, 15) is 0 Å². The van der Waals surface area contributed by atoms with E-state index in [0.717, 1.165) is 5.56 Å². The van der Waals surface area contributed by atoms with E-state index in [2.05, 4.69) is 41.6 Å². The Labute approximate surface area is 107 Å². The van der Waals surface area contributed by atoms with Gasteiger partial charge >= 0.3 is 0 Å². The average Bonchev–Trinajstić information content (AvgIpc) is 2.89. The van der Waals surface area contributed by atoms with Crippen molar-refractivity contribution in [1.29, 1.82) is 0 Å². The monoisotopic (exact) mass is 241 g/mol. The summed E-state index contributed by atoms with van der Waals surface area (Å²) >= 11 is 1.77. The third kappa shape index (κ3) is 3.74. The molecule has 0 saturated heterocycles. The first kappa shape index (κ1) is 11.9. The minimum atomic E-state index is 0.375. The Morgan fingerprint density at radius 2 is 2.00 bits per heavy atom. The van der Waals surface area contributed by atoms with Crippen LogP contribution in [0.5, 0.6) is 0 Å². The molecule has 1 nitrogen and oxygen atoms in total. The van der Waals surface area contributed by atoms with Crippen molar-refractivity contribution in [3.63, 3.8) is 0 Å². The van der Waals surface area contributed by atoms with E-state index >= 15 is 0 Å². The summed E-state index contributed by atoms with van der Waals surface area (Å²) in [6.07, 6.45) is 0. The molecule has 1 atom stereocenters. The van der Waals surface area contributed by atoms with Crippen LogP contribution in [0.3, 0.4) is 0 Å². The molecule has 0 aliphatic heterocycles. The first-order chi connectivity index (χ1) is 8.36. The fourth-order valence-corrected chi connectivity index (χ4v) is 2.27. The van der Waals surface area contributed by atoms with Crippen LogP contribution in [0.1, 0.15) is 23.4 Å². The van der Waals surface area contributed by atoms with Gasteiger partial charge in [-0.2, -0.15) is 0 Å². The van der Waals surface area contributed by atoms with Crippen LogP contribution in [0.15, 0.2) is 47.8 Å². The SMILES string of the molecule is CC(NCC#Cc1ccccc1)c1cccs1. The van der Waals surface area contributed by atoms with Gasteiger partial charge in [-0.05, 0) is 30.5 Å². The molecule has 0 amide bonds. The smallest absolute Gasteiger partial charge is 0.0585 e. The van der Waals surface area contributed by atoms with Crippen molar-refractivity contribution < 1.29 is 0 Å². The van der Waals surface area contributed by atoms with Crippen molar-refractivity contribution in [2.45, 2.75) is 13.0 Å². The molecule has 1 heterocycles. The molecule has 2 heteroatoms. The molecule has 0 saturated carbocycles. The van der Waals surface area contributed by atoms with Gasteiger partial charge < -0.3 is 0 Å². The van der Waals surface area contributed by atoms with Gasteiger partial charge in [-0.3, -0.25) is 5.32 Å². The molecule has 1 unspecified atom stereocenters. The Kier molecular flexibility index (Phi) is 4.37. The molecule has 0 spiro atoms. The predicted octanol–water partition coefficient (Wildman–Crippen LogP) is 3.45. The van der Waals surface area contributed by atoms with Gasteiger partial charge in [-0.1, -0.05) is 36.1 Å². The fourth-order valence-electron chi connectivity index (χ4n) is 1.51. The van der Waals surface area contributed by atoms with Gasteiger partial charge in [0.1, 0.15) is 0 Å². The summed E-state index contributed by atoms with van der Waals surface area (Å²) in [4.78, 5) is 1.35. The van der Waals surface area contributed by atoms with Gasteiger partial charge in [0.05, 0.1) is 6.54 Å². The zero-order valence-electron chi connectivity index (χ0n) is 9.81. The first-order valence-corrected chi connectivity index (χ1v) is 6.55. The molecule has 0 aliphatic rings. The maximum absolute atomic E-state index is 3.39. The Morgan fingerprint density at radius 3 is 2.71 bits per heavy atom. The Bertz CT molecular complexity index is 491. The third-order valence-electron chi connectivity index (χ3n) is 2.47. The van der Waals surface area contributed by atoms with E-state index in [1.165, 1.54) is 4.88 Å². The van der Waals surface area contributed by atoms with Gasteiger partial charge in [0.2, 0.25) is 0 Å². The number of hydrogen-bond acceptors (Lipinski definition) is 2. The number of thiophene rings is 1. The molecular formula is C15H15NS. The number of hydrogen-bond donors (Lipinski definition) is 1. The van der Waals surface area contributed by atoms with Crippen LogP contribution in [-0.4, -0.2) is 6.54 Å². The Morgan fingerprint density at radius 1 is 1.18 bits per heavy atom. The van der Waals surface area contributed by atoms with Crippen molar-refractivity contribution in [1.82, 2.24) is 5.32 Å². The average molecular weight is 241 g/mol. The predicted molar refractivity (Wildman–Crippen MR) is 74.1 cm³/mol. The van der Waals surface area contributed by atoms with Crippen LogP contribution in [0.4, 0.5) is 0 Å². The van der Waals surface area contributed by atoms with Crippen LogP contribution in [-0.2, 0) is 0 Å². The van der Waals surface area contributed by atoms with Crippen LogP contribution in [0.25, 0.3) is 0 Å². The minimum Gasteiger partial charge on any atom is -0.299 e. The largest absolute Gasteiger partial charge is 0.299 e.